The molecular weight excluding hydrogens is 433 g/mol. The highest BCUT2D eigenvalue weighted by Crippen LogP contribution is 2.25. The van der Waals surface area contributed by atoms with Crippen LogP contribution in [0.25, 0.3) is 11.1 Å². The molecule has 2 fully saturated rings. The number of benzene rings is 1. The van der Waals surface area contributed by atoms with Gasteiger partial charge < -0.3 is 19.6 Å². The van der Waals surface area contributed by atoms with E-state index in [0.717, 1.165) is 49.9 Å². The first-order chi connectivity index (χ1) is 16.3. The van der Waals surface area contributed by atoms with Gasteiger partial charge >= 0.3 is 0 Å². The molecule has 3 heterocycles. The molecule has 2 aromatic rings. The van der Waals surface area contributed by atoms with Crippen LogP contribution >= 0.6 is 0 Å². The first-order valence-electron chi connectivity index (χ1n) is 12.3. The quantitative estimate of drug-likeness (QED) is 0.628. The largest absolute Gasteiger partial charge is 0.477 e. The van der Waals surface area contributed by atoms with Gasteiger partial charge in [0.15, 0.2) is 0 Å². The molecule has 0 spiro atoms. The Bertz CT molecular complexity index is 935. The van der Waals surface area contributed by atoms with Gasteiger partial charge in [-0.25, -0.2) is 9.37 Å². The molecule has 1 aromatic heterocycles. The molecule has 0 unspecified atom stereocenters. The lowest BCUT2D eigenvalue weighted by Crippen LogP contribution is -2.41. The highest BCUT2D eigenvalue weighted by Gasteiger charge is 2.29. The van der Waals surface area contributed by atoms with Gasteiger partial charge in [-0.15, -0.1) is 0 Å². The summed E-state index contributed by atoms with van der Waals surface area (Å²) in [6.45, 7) is 6.91. The van der Waals surface area contributed by atoms with Crippen LogP contribution in [0.3, 0.4) is 0 Å². The molecule has 2 aliphatic rings. The van der Waals surface area contributed by atoms with Gasteiger partial charge in [0.1, 0.15) is 5.67 Å². The number of rotatable bonds is 8. The molecule has 1 aromatic carbocycles. The van der Waals surface area contributed by atoms with Crippen molar-refractivity contribution in [2.75, 3.05) is 39.4 Å². The Morgan fingerprint density at radius 2 is 1.79 bits per heavy atom. The number of pyridine rings is 1. The number of aromatic nitrogens is 1. The van der Waals surface area contributed by atoms with Crippen LogP contribution in [0.5, 0.6) is 5.88 Å². The van der Waals surface area contributed by atoms with E-state index >= 15 is 0 Å². The fourth-order valence-corrected chi connectivity index (χ4v) is 4.95. The number of aliphatic hydroxyl groups excluding tert-OH is 1. The third kappa shape index (κ3) is 6.33. The summed E-state index contributed by atoms with van der Waals surface area (Å²) in [6.07, 6.45) is 5.61. The van der Waals surface area contributed by atoms with Crippen molar-refractivity contribution < 1.29 is 19.0 Å². The molecule has 4 rings (SSSR count). The monoisotopic (exact) mass is 469 g/mol. The predicted molar refractivity (Wildman–Crippen MR) is 131 cm³/mol. The minimum Gasteiger partial charge on any atom is -0.477 e. The Hall–Kier alpha value is -2.51. The number of likely N-dealkylation sites (tertiary alicyclic amines) is 2. The van der Waals surface area contributed by atoms with Crippen LogP contribution in [0, 0.1) is 5.92 Å². The maximum atomic E-state index is 13.8. The molecule has 34 heavy (non-hydrogen) atoms. The zero-order valence-corrected chi connectivity index (χ0v) is 20.3. The fraction of sp³-hybridized carbons (Fsp3) is 0.556. The lowest BCUT2D eigenvalue weighted by Gasteiger charge is -2.34. The molecular formula is C27H36FN3O3. The summed E-state index contributed by atoms with van der Waals surface area (Å²) in [5.41, 5.74) is 1.43. The molecule has 7 heteroatoms. The van der Waals surface area contributed by atoms with Gasteiger partial charge in [0, 0.05) is 36.5 Å². The van der Waals surface area contributed by atoms with Crippen molar-refractivity contribution in [3.05, 3.63) is 48.2 Å². The van der Waals surface area contributed by atoms with E-state index in [-0.39, 0.29) is 18.6 Å². The van der Waals surface area contributed by atoms with Gasteiger partial charge in [-0.3, -0.25) is 4.79 Å². The van der Waals surface area contributed by atoms with Crippen molar-refractivity contribution in [2.24, 2.45) is 5.92 Å². The maximum absolute atomic E-state index is 13.8. The summed E-state index contributed by atoms with van der Waals surface area (Å²) in [5.74, 6) is 1.04. The molecule has 2 aliphatic heterocycles. The van der Waals surface area contributed by atoms with E-state index in [9.17, 15) is 14.3 Å². The summed E-state index contributed by atoms with van der Waals surface area (Å²) >= 11 is 0. The average molecular weight is 470 g/mol. The van der Waals surface area contributed by atoms with Crippen molar-refractivity contribution in [3.63, 3.8) is 0 Å². The lowest BCUT2D eigenvalue weighted by atomic mass is 9.97. The van der Waals surface area contributed by atoms with Gasteiger partial charge in [-0.05, 0) is 82.3 Å². The molecule has 184 valence electrons. The van der Waals surface area contributed by atoms with Crippen LogP contribution in [0.1, 0.15) is 49.9 Å². The Balaban J connectivity index is 1.27. The van der Waals surface area contributed by atoms with Gasteiger partial charge in [0.2, 0.25) is 5.88 Å². The van der Waals surface area contributed by atoms with Crippen molar-refractivity contribution in [3.8, 4) is 17.0 Å². The molecule has 1 amide bonds. The van der Waals surface area contributed by atoms with E-state index in [1.165, 1.54) is 0 Å². The van der Waals surface area contributed by atoms with E-state index in [2.05, 4.69) is 9.88 Å². The van der Waals surface area contributed by atoms with E-state index in [1.807, 2.05) is 36.4 Å². The highest BCUT2D eigenvalue weighted by atomic mass is 19.1. The third-order valence-corrected chi connectivity index (χ3v) is 6.82. The zero-order chi connectivity index (χ0) is 24.1. The van der Waals surface area contributed by atoms with Crippen LogP contribution in [0.15, 0.2) is 42.6 Å². The normalized spacial score (nSPS) is 20.0. The number of halogens is 1. The smallest absolute Gasteiger partial charge is 0.254 e. The molecule has 0 aliphatic carbocycles. The van der Waals surface area contributed by atoms with Gasteiger partial charge in [0.05, 0.1) is 19.3 Å². The van der Waals surface area contributed by atoms with Gasteiger partial charge in [0.25, 0.3) is 5.91 Å². The maximum Gasteiger partial charge on any atom is 0.254 e. The minimum atomic E-state index is -1.15. The summed E-state index contributed by atoms with van der Waals surface area (Å²) in [6, 6.07) is 11.3. The minimum absolute atomic E-state index is 0.0145. The number of carbonyl (C=O) groups excluding carboxylic acids is 1. The molecule has 2 saturated heterocycles. The lowest BCUT2D eigenvalue weighted by molar-refractivity contribution is 0.0677. The molecule has 0 saturated carbocycles. The Labute approximate surface area is 201 Å². The third-order valence-electron chi connectivity index (χ3n) is 6.82. The first kappa shape index (κ1) is 24.6. The second kappa shape index (κ2) is 10.8. The van der Waals surface area contributed by atoms with Crippen LogP contribution in [-0.4, -0.2) is 76.9 Å². The van der Waals surface area contributed by atoms with E-state index < -0.39 is 5.67 Å². The molecule has 6 nitrogen and oxygen atoms in total. The summed E-state index contributed by atoms with van der Waals surface area (Å²) in [5, 5.41) is 9.48. The summed E-state index contributed by atoms with van der Waals surface area (Å²) in [7, 11) is 0. The van der Waals surface area contributed by atoms with E-state index in [0.29, 0.717) is 37.1 Å². The van der Waals surface area contributed by atoms with Crippen molar-refractivity contribution >= 4 is 5.91 Å². The molecule has 0 bridgehead atoms. The van der Waals surface area contributed by atoms with E-state index in [4.69, 9.17) is 4.74 Å². The topological polar surface area (TPSA) is 65.9 Å². The highest BCUT2D eigenvalue weighted by molar-refractivity contribution is 5.95. The van der Waals surface area contributed by atoms with Gasteiger partial charge in [-0.2, -0.15) is 0 Å². The van der Waals surface area contributed by atoms with Crippen LogP contribution in [0.4, 0.5) is 4.39 Å². The number of alkyl halides is 1. The van der Waals surface area contributed by atoms with Crippen molar-refractivity contribution in [1.82, 2.24) is 14.8 Å². The molecule has 0 radical (unpaired) electrons. The standard InChI is InChI=1S/C27H36FN3O3/c1-27(2,28)19-30-14-11-20(12-15-30)18-34-25-10-9-23(16-29-25)21-5-7-22(8-6-21)26(33)31-13-3-4-24(31)17-32/h5-10,16,20,24,32H,3-4,11-15,17-19H2,1-2H3/t24-/m1/s1. The van der Waals surface area contributed by atoms with E-state index in [1.54, 1.807) is 24.9 Å². The zero-order valence-electron chi connectivity index (χ0n) is 20.3. The number of hydrogen-bond acceptors (Lipinski definition) is 5. The summed E-state index contributed by atoms with van der Waals surface area (Å²) in [4.78, 5) is 21.2. The van der Waals surface area contributed by atoms with Crippen LogP contribution in [-0.2, 0) is 0 Å². The van der Waals surface area contributed by atoms with Crippen LogP contribution in [0.2, 0.25) is 0 Å². The molecule has 1 atom stereocenters. The number of nitrogens with zero attached hydrogens (tertiary/aromatic N) is 3. The number of amides is 1. The second-order valence-corrected chi connectivity index (χ2v) is 10.2. The predicted octanol–water partition coefficient (Wildman–Crippen LogP) is 4.18. The second-order valence-electron chi connectivity index (χ2n) is 10.2. The fourth-order valence-electron chi connectivity index (χ4n) is 4.95. The van der Waals surface area contributed by atoms with Crippen molar-refractivity contribution in [2.45, 2.75) is 51.2 Å². The first-order valence-corrected chi connectivity index (χ1v) is 12.3. The number of aliphatic hydroxyl groups is 1. The number of hydrogen-bond donors (Lipinski definition) is 1. The van der Waals surface area contributed by atoms with Gasteiger partial charge in [-0.1, -0.05) is 12.1 Å². The average Bonchev–Trinajstić information content (AvgIpc) is 3.32. The van der Waals surface area contributed by atoms with Crippen LogP contribution < -0.4 is 4.74 Å². The Morgan fingerprint density at radius 3 is 2.41 bits per heavy atom. The summed E-state index contributed by atoms with van der Waals surface area (Å²) < 4.78 is 19.8. The van der Waals surface area contributed by atoms with Crippen molar-refractivity contribution in [1.29, 1.82) is 0 Å². The Kier molecular flexibility index (Phi) is 7.84. The SMILES string of the molecule is CC(C)(F)CN1CCC(COc2ccc(-c3ccc(C(=O)N4CCC[C@@H]4CO)cc3)cn2)CC1. The number of piperidine rings is 1. The number of ether oxygens (including phenoxy) is 1. The number of carbonyl (C=O) groups is 1. The molecule has 1 N–H and O–H groups in total. The Morgan fingerprint density at radius 1 is 1.09 bits per heavy atom.